The Bertz CT molecular complexity index is 859. The topological polar surface area (TPSA) is 64.1 Å². The summed E-state index contributed by atoms with van der Waals surface area (Å²) in [5, 5.41) is 3.33. The van der Waals surface area contributed by atoms with Crippen LogP contribution in [-0.2, 0) is 11.3 Å². The second-order valence-corrected chi connectivity index (χ2v) is 5.94. The van der Waals surface area contributed by atoms with E-state index in [1.54, 1.807) is 12.1 Å². The van der Waals surface area contributed by atoms with E-state index in [0.717, 1.165) is 10.0 Å². The van der Waals surface area contributed by atoms with Crippen molar-refractivity contribution in [2.45, 2.75) is 6.61 Å². The molecule has 0 radical (unpaired) electrons. The summed E-state index contributed by atoms with van der Waals surface area (Å²) in [6, 6.07) is 14.8. The van der Waals surface area contributed by atoms with E-state index in [0.29, 0.717) is 16.7 Å². The zero-order valence-electron chi connectivity index (χ0n) is 11.8. The molecule has 7 heteroatoms. The molecular weight excluding hydrogens is 382 g/mol. The van der Waals surface area contributed by atoms with Crippen LogP contribution in [0, 0.1) is 0 Å². The molecule has 2 aromatic carbocycles. The summed E-state index contributed by atoms with van der Waals surface area (Å²) < 4.78 is 6.03. The summed E-state index contributed by atoms with van der Waals surface area (Å²) in [5.74, 6) is 0.305. The Kier molecular flexibility index (Phi) is 4.73. The average Bonchev–Trinajstić information content (AvgIpc) is 2.54. The number of ether oxygens (including phenoxy) is 1. The molecule has 1 amide bonds. The van der Waals surface area contributed by atoms with Crippen molar-refractivity contribution < 1.29 is 9.53 Å². The molecule has 3 rings (SSSR count). The smallest absolute Gasteiger partial charge is 0.413 e. The monoisotopic (exact) mass is 391 g/mol. The normalized spacial score (nSPS) is 10.5. The predicted molar refractivity (Wildman–Crippen MR) is 92.5 cm³/mol. The molecular formula is C16H11BrClN3O2. The van der Waals surface area contributed by atoms with Gasteiger partial charge in [0.05, 0.1) is 5.52 Å². The second kappa shape index (κ2) is 6.93. The number of fused-ring (bicyclic) bond motifs is 1. The minimum atomic E-state index is -0.607. The molecule has 3 aromatic rings. The number of halogens is 2. The molecule has 1 heterocycles. The fourth-order valence-corrected chi connectivity index (χ4v) is 2.56. The first-order valence-electron chi connectivity index (χ1n) is 6.72. The maximum atomic E-state index is 12.0. The molecule has 0 saturated heterocycles. The van der Waals surface area contributed by atoms with E-state index in [-0.39, 0.29) is 11.9 Å². The van der Waals surface area contributed by atoms with Crippen molar-refractivity contribution in [3.05, 3.63) is 63.9 Å². The van der Waals surface area contributed by atoms with Crippen molar-refractivity contribution in [1.82, 2.24) is 9.97 Å². The van der Waals surface area contributed by atoms with Gasteiger partial charge in [-0.3, -0.25) is 5.32 Å². The van der Waals surface area contributed by atoms with Gasteiger partial charge in [0.2, 0.25) is 5.28 Å². The third-order valence-electron chi connectivity index (χ3n) is 3.06. The minimum absolute atomic E-state index is 0.0539. The Morgan fingerprint density at radius 1 is 1.17 bits per heavy atom. The Morgan fingerprint density at radius 3 is 2.74 bits per heavy atom. The number of hydrogen-bond acceptors (Lipinski definition) is 4. The number of amides is 1. The third-order valence-corrected chi connectivity index (χ3v) is 3.73. The number of aromatic nitrogens is 2. The highest BCUT2D eigenvalue weighted by molar-refractivity contribution is 9.10. The van der Waals surface area contributed by atoms with Crippen LogP contribution in [0.5, 0.6) is 0 Å². The van der Waals surface area contributed by atoms with Crippen LogP contribution in [0.1, 0.15) is 5.56 Å². The first-order chi connectivity index (χ1) is 11.1. The summed E-state index contributed by atoms with van der Waals surface area (Å²) in [4.78, 5) is 20.2. The summed E-state index contributed by atoms with van der Waals surface area (Å²) >= 11 is 9.27. The van der Waals surface area contributed by atoms with Crippen LogP contribution in [0.25, 0.3) is 10.9 Å². The molecule has 0 fully saturated rings. The van der Waals surface area contributed by atoms with Gasteiger partial charge in [-0.25, -0.2) is 9.78 Å². The summed E-state index contributed by atoms with van der Waals surface area (Å²) in [5.41, 5.74) is 1.53. The zero-order chi connectivity index (χ0) is 16.2. The number of anilines is 1. The molecule has 23 heavy (non-hydrogen) atoms. The fourth-order valence-electron chi connectivity index (χ4n) is 2.02. The van der Waals surface area contributed by atoms with E-state index in [9.17, 15) is 4.79 Å². The van der Waals surface area contributed by atoms with Crippen molar-refractivity contribution in [3.8, 4) is 0 Å². The van der Waals surface area contributed by atoms with Crippen LogP contribution in [0.2, 0.25) is 5.28 Å². The lowest BCUT2D eigenvalue weighted by molar-refractivity contribution is 0.155. The third kappa shape index (κ3) is 3.97. The van der Waals surface area contributed by atoms with Crippen LogP contribution >= 0.6 is 27.5 Å². The van der Waals surface area contributed by atoms with E-state index >= 15 is 0 Å². The predicted octanol–water partition coefficient (Wildman–Crippen LogP) is 4.79. The fraction of sp³-hybridized carbons (Fsp3) is 0.0625. The molecule has 0 saturated carbocycles. The summed E-state index contributed by atoms with van der Waals surface area (Å²) in [7, 11) is 0. The lowest BCUT2D eigenvalue weighted by Gasteiger charge is -2.09. The maximum absolute atomic E-state index is 12.0. The number of hydrogen-bond donors (Lipinski definition) is 1. The zero-order valence-corrected chi connectivity index (χ0v) is 14.1. The number of carbonyl (C=O) groups excluding carboxylic acids is 1. The number of rotatable bonds is 3. The Labute approximate surface area is 145 Å². The maximum Gasteiger partial charge on any atom is 0.413 e. The van der Waals surface area contributed by atoms with E-state index in [1.807, 2.05) is 36.4 Å². The van der Waals surface area contributed by atoms with Crippen molar-refractivity contribution >= 4 is 50.3 Å². The van der Waals surface area contributed by atoms with Crippen LogP contribution < -0.4 is 5.32 Å². The molecule has 1 aromatic heterocycles. The van der Waals surface area contributed by atoms with Crippen molar-refractivity contribution in [2.24, 2.45) is 0 Å². The van der Waals surface area contributed by atoms with Gasteiger partial charge in [0.1, 0.15) is 12.4 Å². The van der Waals surface area contributed by atoms with Gasteiger partial charge in [0.25, 0.3) is 0 Å². The van der Waals surface area contributed by atoms with Gasteiger partial charge < -0.3 is 4.74 Å². The van der Waals surface area contributed by atoms with Gasteiger partial charge in [-0.05, 0) is 35.4 Å². The van der Waals surface area contributed by atoms with Crippen LogP contribution in [0.3, 0.4) is 0 Å². The highest BCUT2D eigenvalue weighted by Gasteiger charge is 2.11. The van der Waals surface area contributed by atoms with Gasteiger partial charge in [0, 0.05) is 9.86 Å². The van der Waals surface area contributed by atoms with Crippen molar-refractivity contribution in [1.29, 1.82) is 0 Å². The van der Waals surface area contributed by atoms with Gasteiger partial charge in [-0.15, -0.1) is 0 Å². The molecule has 5 nitrogen and oxygen atoms in total. The lowest BCUT2D eigenvalue weighted by Crippen LogP contribution is -2.15. The van der Waals surface area contributed by atoms with Gasteiger partial charge >= 0.3 is 6.09 Å². The van der Waals surface area contributed by atoms with Crippen LogP contribution in [0.15, 0.2) is 53.0 Å². The first kappa shape index (κ1) is 15.7. The molecule has 116 valence electrons. The number of nitrogens with one attached hydrogen (secondary N) is 1. The summed E-state index contributed by atoms with van der Waals surface area (Å²) in [6.07, 6.45) is -0.607. The number of nitrogens with zero attached hydrogens (tertiary/aromatic N) is 2. The molecule has 0 unspecified atom stereocenters. The van der Waals surface area contributed by atoms with Crippen LogP contribution in [0.4, 0.5) is 10.6 Å². The first-order valence-corrected chi connectivity index (χ1v) is 7.89. The highest BCUT2D eigenvalue weighted by atomic mass is 79.9. The van der Waals surface area contributed by atoms with Crippen molar-refractivity contribution in [2.75, 3.05) is 5.32 Å². The molecule has 1 N–H and O–H groups in total. The van der Waals surface area contributed by atoms with E-state index in [4.69, 9.17) is 16.3 Å². The SMILES string of the molecule is O=C(Nc1nc(Cl)nc2ccc(Br)cc12)OCc1ccccc1. The standard InChI is InChI=1S/C16H11BrClN3O2/c17-11-6-7-13-12(8-11)14(20-15(18)19-13)21-16(22)23-9-10-4-2-1-3-5-10/h1-8H,9H2,(H,19,20,21,22). The van der Waals surface area contributed by atoms with Crippen LogP contribution in [-0.4, -0.2) is 16.1 Å². The molecule has 0 aliphatic carbocycles. The van der Waals surface area contributed by atoms with E-state index < -0.39 is 6.09 Å². The molecule has 0 aliphatic heterocycles. The lowest BCUT2D eigenvalue weighted by atomic mass is 10.2. The number of carbonyl (C=O) groups is 1. The van der Waals surface area contributed by atoms with Crippen molar-refractivity contribution in [3.63, 3.8) is 0 Å². The molecule has 0 bridgehead atoms. The second-order valence-electron chi connectivity index (χ2n) is 4.69. The van der Waals surface area contributed by atoms with Gasteiger partial charge in [-0.1, -0.05) is 46.3 Å². The molecule has 0 atom stereocenters. The Morgan fingerprint density at radius 2 is 1.96 bits per heavy atom. The minimum Gasteiger partial charge on any atom is -0.444 e. The highest BCUT2D eigenvalue weighted by Crippen LogP contribution is 2.25. The average molecular weight is 393 g/mol. The van der Waals surface area contributed by atoms with E-state index in [2.05, 4.69) is 31.2 Å². The Balaban J connectivity index is 1.78. The number of benzene rings is 2. The summed E-state index contributed by atoms with van der Waals surface area (Å²) in [6.45, 7) is 0.174. The van der Waals surface area contributed by atoms with Gasteiger partial charge in [0.15, 0.2) is 0 Å². The Hall–Kier alpha value is -2.18. The molecule has 0 spiro atoms. The quantitative estimate of drug-likeness (QED) is 0.651. The van der Waals surface area contributed by atoms with E-state index in [1.165, 1.54) is 0 Å². The van der Waals surface area contributed by atoms with Gasteiger partial charge in [-0.2, -0.15) is 4.98 Å². The largest absolute Gasteiger partial charge is 0.444 e. The molecule has 0 aliphatic rings.